The molecule has 2 fully saturated rings. The van der Waals surface area contributed by atoms with E-state index in [0.717, 1.165) is 11.5 Å². The number of ether oxygens (including phenoxy) is 2. The van der Waals surface area contributed by atoms with Crippen LogP contribution in [0, 0.1) is 0 Å². The number of hydrogen-bond donors (Lipinski definition) is 0. The molecule has 4 unspecified atom stereocenters. The predicted molar refractivity (Wildman–Crippen MR) is 103 cm³/mol. The number of anilines is 2. The van der Waals surface area contributed by atoms with Crippen LogP contribution < -0.4 is 19.5 Å². The van der Waals surface area contributed by atoms with E-state index < -0.39 is 0 Å². The van der Waals surface area contributed by atoms with Gasteiger partial charge in [-0.15, -0.1) is 0 Å². The molecule has 4 rings (SSSR count). The highest BCUT2D eigenvalue weighted by atomic mass is 16.5. The number of fused-ring (bicyclic) bond motifs is 2. The smallest absolute Gasteiger partial charge is 0.119 e. The van der Waals surface area contributed by atoms with Crippen LogP contribution >= 0.6 is 0 Å². The van der Waals surface area contributed by atoms with Gasteiger partial charge in [-0.25, -0.2) is 0 Å². The van der Waals surface area contributed by atoms with Crippen LogP contribution in [0.15, 0.2) is 48.5 Å². The molecule has 0 amide bonds. The molecule has 2 aromatic carbocycles. The molecule has 2 aliphatic heterocycles. The minimum Gasteiger partial charge on any atom is -0.497 e. The van der Waals surface area contributed by atoms with Crippen LogP contribution in [-0.2, 0) is 0 Å². The average Bonchev–Trinajstić information content (AvgIpc) is 3.08. The first-order chi connectivity index (χ1) is 12.6. The van der Waals surface area contributed by atoms with Gasteiger partial charge in [-0.3, -0.25) is 10.0 Å². The van der Waals surface area contributed by atoms with Gasteiger partial charge in [-0.05, 0) is 69.3 Å². The van der Waals surface area contributed by atoms with Crippen molar-refractivity contribution in [2.75, 3.05) is 24.2 Å². The summed E-state index contributed by atoms with van der Waals surface area (Å²) in [5, 5.41) is 9.59. The maximum absolute atomic E-state index is 5.30. The summed E-state index contributed by atoms with van der Waals surface area (Å²) in [5.74, 6) is 1.75. The van der Waals surface area contributed by atoms with E-state index in [1.54, 1.807) is 14.2 Å². The van der Waals surface area contributed by atoms with E-state index in [1.807, 2.05) is 24.3 Å². The van der Waals surface area contributed by atoms with Crippen LogP contribution in [0.4, 0.5) is 11.4 Å². The standard InChI is InChI=1S/C20H26N4O2/c1-14-21-15(2)23(17-6-10-19(25-4)11-7-17)22(14)16(3)24(21)18-8-12-20(26-5)13-9-18/h6-16H,1-5H3. The van der Waals surface area contributed by atoms with Crippen LogP contribution in [0.1, 0.15) is 20.8 Å². The molecule has 0 aliphatic carbocycles. The van der Waals surface area contributed by atoms with Crippen molar-refractivity contribution in [2.45, 2.75) is 39.3 Å². The Balaban J connectivity index is 1.64. The lowest BCUT2D eigenvalue weighted by molar-refractivity contribution is 0.194. The van der Waals surface area contributed by atoms with Crippen molar-refractivity contribution in [3.8, 4) is 11.5 Å². The number of benzene rings is 2. The van der Waals surface area contributed by atoms with Gasteiger partial charge in [0, 0.05) is 0 Å². The summed E-state index contributed by atoms with van der Waals surface area (Å²) in [6.45, 7) is 6.73. The first-order valence-electron chi connectivity index (χ1n) is 9.00. The fourth-order valence-corrected chi connectivity index (χ4v) is 4.24. The van der Waals surface area contributed by atoms with E-state index in [9.17, 15) is 0 Å². The zero-order valence-corrected chi connectivity index (χ0v) is 16.0. The van der Waals surface area contributed by atoms with E-state index in [4.69, 9.17) is 9.47 Å². The second-order valence-electron chi connectivity index (χ2n) is 6.74. The van der Waals surface area contributed by atoms with Crippen molar-refractivity contribution in [3.05, 3.63) is 48.5 Å². The van der Waals surface area contributed by atoms with Gasteiger partial charge in [0.1, 0.15) is 30.0 Å². The maximum Gasteiger partial charge on any atom is 0.119 e. The van der Waals surface area contributed by atoms with E-state index in [-0.39, 0.29) is 18.5 Å². The number of hydrogen-bond acceptors (Lipinski definition) is 6. The Morgan fingerprint density at radius 3 is 1.23 bits per heavy atom. The molecule has 2 aliphatic rings. The Bertz CT molecular complexity index is 699. The Labute approximate surface area is 155 Å². The number of hydrazine groups is 2. The summed E-state index contributed by atoms with van der Waals surface area (Å²) in [7, 11) is 3.39. The van der Waals surface area contributed by atoms with E-state index in [1.165, 1.54) is 11.4 Å². The molecule has 6 heteroatoms. The fourth-order valence-electron chi connectivity index (χ4n) is 4.24. The summed E-state index contributed by atoms with van der Waals surface area (Å²) >= 11 is 0. The predicted octanol–water partition coefficient (Wildman–Crippen LogP) is 3.52. The zero-order chi connectivity index (χ0) is 18.4. The topological polar surface area (TPSA) is 31.4 Å². The summed E-state index contributed by atoms with van der Waals surface area (Å²) < 4.78 is 10.6. The third-order valence-corrected chi connectivity index (χ3v) is 5.41. The van der Waals surface area contributed by atoms with E-state index in [2.05, 4.69) is 65.1 Å². The third kappa shape index (κ3) is 2.40. The van der Waals surface area contributed by atoms with Crippen LogP contribution in [-0.4, -0.2) is 42.7 Å². The molecular weight excluding hydrogens is 328 g/mol. The van der Waals surface area contributed by atoms with Crippen molar-refractivity contribution in [3.63, 3.8) is 0 Å². The minimum absolute atomic E-state index is 0.219. The third-order valence-electron chi connectivity index (χ3n) is 5.41. The highest BCUT2D eigenvalue weighted by Gasteiger charge is 2.54. The highest BCUT2D eigenvalue weighted by Crippen LogP contribution is 2.43. The molecule has 26 heavy (non-hydrogen) atoms. The molecule has 0 radical (unpaired) electrons. The van der Waals surface area contributed by atoms with Crippen molar-refractivity contribution < 1.29 is 9.47 Å². The summed E-state index contributed by atoms with van der Waals surface area (Å²) in [4.78, 5) is 0. The van der Waals surface area contributed by atoms with Crippen molar-refractivity contribution >= 4 is 11.4 Å². The quantitative estimate of drug-likeness (QED) is 0.835. The second kappa shape index (κ2) is 6.37. The number of rotatable bonds is 4. The lowest BCUT2D eigenvalue weighted by atomic mass is 10.2. The molecule has 4 atom stereocenters. The summed E-state index contributed by atoms with van der Waals surface area (Å²) in [5.41, 5.74) is 2.35. The molecule has 0 N–H and O–H groups in total. The number of nitrogens with zero attached hydrogens (tertiary/aromatic N) is 4. The van der Waals surface area contributed by atoms with Gasteiger partial charge < -0.3 is 9.47 Å². The van der Waals surface area contributed by atoms with Gasteiger partial charge in [-0.1, -0.05) is 0 Å². The molecule has 2 heterocycles. The normalized spacial score (nSPS) is 30.0. The fraction of sp³-hybridized carbons (Fsp3) is 0.400. The Morgan fingerprint density at radius 2 is 0.923 bits per heavy atom. The van der Waals surface area contributed by atoms with Crippen LogP contribution in [0.2, 0.25) is 0 Å². The molecule has 138 valence electrons. The molecule has 2 aromatic rings. The van der Waals surface area contributed by atoms with Gasteiger partial charge in [0.2, 0.25) is 0 Å². The molecule has 6 nitrogen and oxygen atoms in total. The Hall–Kier alpha value is -2.44. The van der Waals surface area contributed by atoms with Crippen LogP contribution in [0.25, 0.3) is 0 Å². The van der Waals surface area contributed by atoms with Crippen molar-refractivity contribution in [2.24, 2.45) is 0 Å². The summed E-state index contributed by atoms with van der Waals surface area (Å²) in [6, 6.07) is 16.5. The van der Waals surface area contributed by atoms with Crippen molar-refractivity contribution in [1.29, 1.82) is 0 Å². The van der Waals surface area contributed by atoms with E-state index >= 15 is 0 Å². The second-order valence-corrected chi connectivity index (χ2v) is 6.74. The first-order valence-corrected chi connectivity index (χ1v) is 9.00. The zero-order valence-electron chi connectivity index (χ0n) is 16.0. The lowest BCUT2D eigenvalue weighted by Crippen LogP contribution is -2.59. The maximum atomic E-state index is 5.30. The molecule has 0 aromatic heterocycles. The van der Waals surface area contributed by atoms with Crippen molar-refractivity contribution in [1.82, 2.24) is 10.0 Å². The molecule has 2 bridgehead atoms. The van der Waals surface area contributed by atoms with Gasteiger partial charge in [-0.2, -0.15) is 10.0 Å². The highest BCUT2D eigenvalue weighted by molar-refractivity contribution is 5.55. The first kappa shape index (κ1) is 17.0. The molecule has 0 spiro atoms. The SMILES string of the molecule is COc1ccc(N2C(C)N3C(C)N2C(C)N3c2ccc(OC)cc2)cc1. The van der Waals surface area contributed by atoms with E-state index in [0.29, 0.717) is 0 Å². The van der Waals surface area contributed by atoms with Gasteiger partial charge in [0.15, 0.2) is 0 Å². The number of methoxy groups -OCH3 is 2. The van der Waals surface area contributed by atoms with Crippen LogP contribution in [0.3, 0.4) is 0 Å². The molecule has 2 saturated heterocycles. The Kier molecular flexibility index (Phi) is 4.17. The largest absolute Gasteiger partial charge is 0.497 e. The summed E-state index contributed by atoms with van der Waals surface area (Å²) in [6.07, 6.45) is 0.720. The van der Waals surface area contributed by atoms with Gasteiger partial charge in [0.25, 0.3) is 0 Å². The Morgan fingerprint density at radius 1 is 0.577 bits per heavy atom. The van der Waals surface area contributed by atoms with Crippen LogP contribution in [0.5, 0.6) is 11.5 Å². The lowest BCUT2D eigenvalue weighted by Gasteiger charge is -2.46. The van der Waals surface area contributed by atoms with Gasteiger partial charge in [0.05, 0.1) is 25.6 Å². The minimum atomic E-state index is 0.219. The average molecular weight is 354 g/mol. The monoisotopic (exact) mass is 354 g/mol. The molecule has 0 saturated carbocycles. The van der Waals surface area contributed by atoms with Gasteiger partial charge >= 0.3 is 0 Å². The molecular formula is C20H26N4O2.